The van der Waals surface area contributed by atoms with Gasteiger partial charge in [0.2, 0.25) is 0 Å². The highest BCUT2D eigenvalue weighted by Gasteiger charge is 2.37. The number of carboxylic acids is 1. The minimum atomic E-state index is -0.786. The van der Waals surface area contributed by atoms with Crippen LogP contribution in [0.1, 0.15) is 27.7 Å². The lowest BCUT2D eigenvalue weighted by atomic mass is 9.87. The number of likely N-dealkylation sites (tertiary alicyclic amines) is 1. The summed E-state index contributed by atoms with van der Waals surface area (Å²) in [5, 5.41) is 11.8. The van der Waals surface area contributed by atoms with E-state index in [2.05, 4.69) is 19.2 Å². The van der Waals surface area contributed by atoms with Gasteiger partial charge in [-0.05, 0) is 12.8 Å². The Kier molecular flexibility index (Phi) is 4.37. The Morgan fingerprint density at radius 3 is 2.18 bits per heavy atom. The summed E-state index contributed by atoms with van der Waals surface area (Å²) in [5.74, 6) is -0.672. The van der Waals surface area contributed by atoms with Crippen molar-refractivity contribution in [1.82, 2.24) is 10.2 Å². The first-order chi connectivity index (χ1) is 7.82. The summed E-state index contributed by atoms with van der Waals surface area (Å²) in [6.07, 6.45) is 0. The third kappa shape index (κ3) is 3.35. The molecule has 1 rings (SSSR count). The number of hydrogen-bond acceptors (Lipinski definition) is 2. The number of carboxylic acid groups (broad SMARTS) is 1. The minimum Gasteiger partial charge on any atom is -0.481 e. The van der Waals surface area contributed by atoms with Crippen molar-refractivity contribution < 1.29 is 14.7 Å². The first-order valence-electron chi connectivity index (χ1n) is 6.11. The van der Waals surface area contributed by atoms with Gasteiger partial charge in [-0.2, -0.15) is 0 Å². The molecule has 0 spiro atoms. The molecular formula is C12H22N2O3. The van der Waals surface area contributed by atoms with Crippen molar-refractivity contribution in [2.24, 2.45) is 17.8 Å². The van der Waals surface area contributed by atoms with E-state index in [9.17, 15) is 9.59 Å². The third-order valence-corrected chi connectivity index (χ3v) is 3.64. The van der Waals surface area contributed by atoms with E-state index < -0.39 is 5.97 Å². The van der Waals surface area contributed by atoms with Gasteiger partial charge in [-0.1, -0.05) is 20.8 Å². The number of rotatable bonds is 4. The smallest absolute Gasteiger partial charge is 0.317 e. The van der Waals surface area contributed by atoms with Gasteiger partial charge in [-0.15, -0.1) is 0 Å². The van der Waals surface area contributed by atoms with Crippen LogP contribution in [0.25, 0.3) is 0 Å². The maximum absolute atomic E-state index is 11.7. The summed E-state index contributed by atoms with van der Waals surface area (Å²) >= 11 is 0. The molecule has 1 saturated heterocycles. The van der Waals surface area contributed by atoms with Gasteiger partial charge in [0.25, 0.3) is 0 Å². The topological polar surface area (TPSA) is 69.6 Å². The molecule has 0 aromatic carbocycles. The molecule has 1 aliphatic rings. The van der Waals surface area contributed by atoms with Crippen LogP contribution in [-0.2, 0) is 4.79 Å². The molecule has 0 radical (unpaired) electrons. The quantitative estimate of drug-likeness (QED) is 0.782. The Balaban J connectivity index is 2.33. The van der Waals surface area contributed by atoms with E-state index in [0.29, 0.717) is 19.0 Å². The number of hydrogen-bond donors (Lipinski definition) is 2. The van der Waals surface area contributed by atoms with Crippen LogP contribution in [0.5, 0.6) is 0 Å². The molecule has 0 aromatic rings. The largest absolute Gasteiger partial charge is 0.481 e. The van der Waals surface area contributed by atoms with Crippen LogP contribution in [0, 0.1) is 17.8 Å². The number of carbonyl (C=O) groups excluding carboxylic acids is 1. The summed E-state index contributed by atoms with van der Waals surface area (Å²) < 4.78 is 0. The molecule has 2 amide bonds. The highest BCUT2D eigenvalue weighted by Crippen LogP contribution is 2.24. The van der Waals surface area contributed by atoms with Gasteiger partial charge in [-0.25, -0.2) is 4.79 Å². The fraction of sp³-hybridized carbons (Fsp3) is 0.833. The lowest BCUT2D eigenvalue weighted by Crippen LogP contribution is -2.58. The lowest BCUT2D eigenvalue weighted by Gasteiger charge is -2.41. The minimum absolute atomic E-state index is 0.0833. The van der Waals surface area contributed by atoms with E-state index >= 15 is 0 Å². The number of nitrogens with zero attached hydrogens (tertiary/aromatic N) is 1. The van der Waals surface area contributed by atoms with Crippen molar-refractivity contribution in [3.63, 3.8) is 0 Å². The number of nitrogens with one attached hydrogen (secondary N) is 1. The van der Waals surface area contributed by atoms with E-state index in [0.717, 1.165) is 0 Å². The van der Waals surface area contributed by atoms with Crippen molar-refractivity contribution in [3.8, 4) is 0 Å². The Morgan fingerprint density at radius 2 is 1.76 bits per heavy atom. The lowest BCUT2D eigenvalue weighted by molar-refractivity contribution is -0.144. The summed E-state index contributed by atoms with van der Waals surface area (Å²) in [6.45, 7) is 8.86. The predicted molar refractivity (Wildman–Crippen MR) is 64.7 cm³/mol. The molecule has 1 heterocycles. The Bertz CT molecular complexity index is 298. The highest BCUT2D eigenvalue weighted by atomic mass is 16.4. The number of amides is 2. The van der Waals surface area contributed by atoms with E-state index in [1.54, 1.807) is 11.8 Å². The molecule has 2 N–H and O–H groups in total. The molecule has 0 bridgehead atoms. The molecule has 98 valence electrons. The second-order valence-corrected chi connectivity index (χ2v) is 5.27. The van der Waals surface area contributed by atoms with E-state index in [1.165, 1.54) is 0 Å². The second kappa shape index (κ2) is 5.38. The fourth-order valence-electron chi connectivity index (χ4n) is 1.65. The standard InChI is InChI=1S/C12H22N2O3/c1-7(2)9(4)13-12(17)14-5-10(6-14)8(3)11(15)16/h7-10H,5-6H2,1-4H3,(H,13,17)(H,15,16). The molecule has 1 fully saturated rings. The van der Waals surface area contributed by atoms with Crippen LogP contribution in [0.3, 0.4) is 0 Å². The first kappa shape index (κ1) is 13.8. The van der Waals surface area contributed by atoms with Gasteiger partial charge < -0.3 is 15.3 Å². The average Bonchev–Trinajstić information content (AvgIpc) is 2.14. The molecule has 0 aliphatic carbocycles. The molecule has 1 aliphatic heterocycles. The molecule has 2 atom stereocenters. The maximum atomic E-state index is 11.7. The zero-order chi connectivity index (χ0) is 13.2. The van der Waals surface area contributed by atoms with Crippen molar-refractivity contribution >= 4 is 12.0 Å². The Hall–Kier alpha value is -1.26. The predicted octanol–water partition coefficient (Wildman–Crippen LogP) is 1.39. The Labute approximate surface area is 102 Å². The van der Waals surface area contributed by atoms with Gasteiger partial charge in [0.15, 0.2) is 0 Å². The second-order valence-electron chi connectivity index (χ2n) is 5.27. The van der Waals surface area contributed by atoms with Crippen LogP contribution < -0.4 is 5.32 Å². The normalized spacial score (nSPS) is 19.7. The Morgan fingerprint density at radius 1 is 1.24 bits per heavy atom. The SMILES string of the molecule is CC(C)C(C)NC(=O)N1CC(C(C)C(=O)O)C1. The molecule has 0 aromatic heterocycles. The zero-order valence-electron chi connectivity index (χ0n) is 10.9. The van der Waals surface area contributed by atoms with Crippen LogP contribution in [0.15, 0.2) is 0 Å². The summed E-state index contributed by atoms with van der Waals surface area (Å²) in [4.78, 5) is 24.2. The van der Waals surface area contributed by atoms with Crippen molar-refractivity contribution in [3.05, 3.63) is 0 Å². The number of aliphatic carboxylic acids is 1. The van der Waals surface area contributed by atoms with E-state index in [4.69, 9.17) is 5.11 Å². The fourth-order valence-corrected chi connectivity index (χ4v) is 1.65. The van der Waals surface area contributed by atoms with Gasteiger partial charge >= 0.3 is 12.0 Å². The van der Waals surface area contributed by atoms with Crippen LogP contribution >= 0.6 is 0 Å². The molecular weight excluding hydrogens is 220 g/mol. The summed E-state index contributed by atoms with van der Waals surface area (Å²) in [5.41, 5.74) is 0. The van der Waals surface area contributed by atoms with Crippen molar-refractivity contribution in [2.45, 2.75) is 33.7 Å². The summed E-state index contributed by atoms with van der Waals surface area (Å²) in [6, 6.07) is 0.0542. The number of carbonyl (C=O) groups is 2. The van der Waals surface area contributed by atoms with E-state index in [-0.39, 0.29) is 23.9 Å². The van der Waals surface area contributed by atoms with Gasteiger partial charge in [0.05, 0.1) is 5.92 Å². The first-order valence-corrected chi connectivity index (χ1v) is 6.11. The molecule has 5 nitrogen and oxygen atoms in total. The molecule has 17 heavy (non-hydrogen) atoms. The van der Waals surface area contributed by atoms with Crippen molar-refractivity contribution in [1.29, 1.82) is 0 Å². The highest BCUT2D eigenvalue weighted by molar-refractivity contribution is 5.76. The average molecular weight is 242 g/mol. The van der Waals surface area contributed by atoms with Gasteiger partial charge in [0, 0.05) is 25.0 Å². The number of urea groups is 1. The molecule has 0 saturated carbocycles. The monoisotopic (exact) mass is 242 g/mol. The van der Waals surface area contributed by atoms with Gasteiger partial charge in [0.1, 0.15) is 0 Å². The maximum Gasteiger partial charge on any atom is 0.317 e. The molecule has 2 unspecified atom stereocenters. The van der Waals surface area contributed by atoms with Crippen LogP contribution in [0.2, 0.25) is 0 Å². The van der Waals surface area contributed by atoms with Crippen LogP contribution in [0.4, 0.5) is 4.79 Å². The third-order valence-electron chi connectivity index (χ3n) is 3.64. The molecule has 5 heteroatoms. The van der Waals surface area contributed by atoms with Crippen LogP contribution in [-0.4, -0.2) is 41.1 Å². The van der Waals surface area contributed by atoms with Crippen molar-refractivity contribution in [2.75, 3.05) is 13.1 Å². The van der Waals surface area contributed by atoms with E-state index in [1.807, 2.05) is 6.92 Å². The van der Waals surface area contributed by atoms with Gasteiger partial charge in [-0.3, -0.25) is 4.79 Å². The summed E-state index contributed by atoms with van der Waals surface area (Å²) in [7, 11) is 0. The zero-order valence-corrected chi connectivity index (χ0v) is 10.9.